The lowest BCUT2D eigenvalue weighted by atomic mass is 10.1. The quantitative estimate of drug-likeness (QED) is 0.769. The van der Waals surface area contributed by atoms with E-state index in [1.165, 1.54) is 0 Å². The van der Waals surface area contributed by atoms with E-state index in [0.717, 1.165) is 18.8 Å². The molecule has 4 heteroatoms. The molecule has 0 aromatic heterocycles. The number of likely N-dealkylation sites (N-methyl/N-ethyl adjacent to an activating group) is 1. The van der Waals surface area contributed by atoms with Crippen molar-refractivity contribution in [3.63, 3.8) is 0 Å². The van der Waals surface area contributed by atoms with Gasteiger partial charge in [-0.3, -0.25) is 9.69 Å². The highest BCUT2D eigenvalue weighted by atomic mass is 16.5. The van der Waals surface area contributed by atoms with Gasteiger partial charge >= 0.3 is 0 Å². The molecule has 0 aliphatic carbocycles. The van der Waals surface area contributed by atoms with Crippen molar-refractivity contribution in [1.29, 1.82) is 0 Å². The van der Waals surface area contributed by atoms with Crippen molar-refractivity contribution in [2.24, 2.45) is 5.73 Å². The Balaban J connectivity index is 1.91. The fourth-order valence-corrected chi connectivity index (χ4v) is 1.90. The molecule has 2 N–H and O–H groups in total. The van der Waals surface area contributed by atoms with E-state index in [1.54, 1.807) is 12.1 Å². The van der Waals surface area contributed by atoms with Crippen LogP contribution in [0.5, 0.6) is 5.75 Å². The fraction of sp³-hybridized carbons (Fsp3) is 0.462. The van der Waals surface area contributed by atoms with Crippen LogP contribution in [0, 0.1) is 0 Å². The van der Waals surface area contributed by atoms with Gasteiger partial charge in [-0.25, -0.2) is 0 Å². The van der Waals surface area contributed by atoms with Crippen molar-refractivity contribution in [2.45, 2.75) is 12.5 Å². The van der Waals surface area contributed by atoms with Crippen LogP contribution < -0.4 is 10.5 Å². The smallest absolute Gasteiger partial charge is 0.164 e. The largest absolute Gasteiger partial charge is 0.488 e. The van der Waals surface area contributed by atoms with Crippen LogP contribution in [0.2, 0.25) is 0 Å². The summed E-state index contributed by atoms with van der Waals surface area (Å²) >= 11 is 0. The molecule has 0 bridgehead atoms. The maximum atomic E-state index is 11.6. The standard InChI is InChI=1S/C13H18N2O2/c1-15-8-12(9-15)17-11-4-2-10(3-5-11)13(16)6-7-14/h2-5,12H,6-9,14H2,1H3. The summed E-state index contributed by atoms with van der Waals surface area (Å²) in [5.74, 6) is 0.912. The Morgan fingerprint density at radius 2 is 2.06 bits per heavy atom. The van der Waals surface area contributed by atoms with Gasteiger partial charge in [0.25, 0.3) is 0 Å². The average Bonchev–Trinajstić information content (AvgIpc) is 2.28. The highest BCUT2D eigenvalue weighted by Gasteiger charge is 2.24. The number of nitrogens with two attached hydrogens (primary N) is 1. The minimum absolute atomic E-state index is 0.0856. The van der Waals surface area contributed by atoms with E-state index in [9.17, 15) is 4.79 Å². The second-order valence-corrected chi connectivity index (χ2v) is 4.45. The van der Waals surface area contributed by atoms with E-state index >= 15 is 0 Å². The number of hydrogen-bond acceptors (Lipinski definition) is 4. The maximum Gasteiger partial charge on any atom is 0.164 e. The topological polar surface area (TPSA) is 55.6 Å². The Labute approximate surface area is 101 Å². The van der Waals surface area contributed by atoms with Gasteiger partial charge in [0.2, 0.25) is 0 Å². The first-order chi connectivity index (χ1) is 8.19. The number of hydrogen-bond donors (Lipinski definition) is 1. The van der Waals surface area contributed by atoms with Gasteiger partial charge in [0.15, 0.2) is 5.78 Å². The van der Waals surface area contributed by atoms with E-state index in [4.69, 9.17) is 10.5 Å². The summed E-state index contributed by atoms with van der Waals surface area (Å²) in [7, 11) is 2.06. The van der Waals surface area contributed by atoms with Gasteiger partial charge < -0.3 is 10.5 Å². The zero-order chi connectivity index (χ0) is 12.3. The van der Waals surface area contributed by atoms with Crippen LogP contribution in [0.3, 0.4) is 0 Å². The molecular formula is C13H18N2O2. The van der Waals surface area contributed by atoms with Crippen LogP contribution in [0.1, 0.15) is 16.8 Å². The SMILES string of the molecule is CN1CC(Oc2ccc(C(=O)CCN)cc2)C1. The number of ketones is 1. The van der Waals surface area contributed by atoms with Gasteiger partial charge in [-0.2, -0.15) is 0 Å². The van der Waals surface area contributed by atoms with Gasteiger partial charge in [-0.05, 0) is 37.9 Å². The minimum Gasteiger partial charge on any atom is -0.488 e. The second kappa shape index (κ2) is 5.29. The Morgan fingerprint density at radius 3 is 2.59 bits per heavy atom. The van der Waals surface area contributed by atoms with Crippen LogP contribution >= 0.6 is 0 Å². The second-order valence-electron chi connectivity index (χ2n) is 4.45. The fourth-order valence-electron chi connectivity index (χ4n) is 1.90. The number of nitrogens with zero attached hydrogens (tertiary/aromatic N) is 1. The summed E-state index contributed by atoms with van der Waals surface area (Å²) in [6.45, 7) is 2.33. The Bertz CT molecular complexity index is 383. The van der Waals surface area contributed by atoms with Crippen molar-refractivity contribution in [1.82, 2.24) is 4.90 Å². The van der Waals surface area contributed by atoms with Crippen LogP contribution in [-0.2, 0) is 0 Å². The summed E-state index contributed by atoms with van der Waals surface area (Å²) in [5.41, 5.74) is 6.05. The lowest BCUT2D eigenvalue weighted by molar-refractivity contribution is 0.0388. The molecule has 1 fully saturated rings. The van der Waals surface area contributed by atoms with Gasteiger partial charge in [-0.15, -0.1) is 0 Å². The molecule has 0 unspecified atom stereocenters. The van der Waals surface area contributed by atoms with E-state index in [-0.39, 0.29) is 11.9 Å². The summed E-state index contributed by atoms with van der Waals surface area (Å²) in [5, 5.41) is 0. The van der Waals surface area contributed by atoms with Gasteiger partial charge in [-0.1, -0.05) is 0 Å². The molecule has 1 aliphatic rings. The van der Waals surface area contributed by atoms with Crippen molar-refractivity contribution >= 4 is 5.78 Å². The van der Waals surface area contributed by atoms with Crippen LogP contribution in [0.15, 0.2) is 24.3 Å². The summed E-state index contributed by atoms with van der Waals surface area (Å²) in [6.07, 6.45) is 0.679. The van der Waals surface area contributed by atoms with Crippen LogP contribution in [0.25, 0.3) is 0 Å². The molecule has 1 heterocycles. The molecule has 1 aliphatic heterocycles. The predicted molar refractivity (Wildman–Crippen MR) is 66.4 cm³/mol. The van der Waals surface area contributed by atoms with Crippen LogP contribution in [0.4, 0.5) is 0 Å². The number of benzene rings is 1. The lowest BCUT2D eigenvalue weighted by Crippen LogP contribution is -2.51. The predicted octanol–water partition coefficient (Wildman–Crippen LogP) is 0.911. The lowest BCUT2D eigenvalue weighted by Gasteiger charge is -2.35. The molecule has 0 amide bonds. The molecule has 0 spiro atoms. The first-order valence-corrected chi connectivity index (χ1v) is 5.87. The summed E-state index contributed by atoms with van der Waals surface area (Å²) in [6, 6.07) is 7.30. The molecule has 17 heavy (non-hydrogen) atoms. The first-order valence-electron chi connectivity index (χ1n) is 5.87. The van der Waals surface area contributed by atoms with E-state index in [0.29, 0.717) is 18.5 Å². The van der Waals surface area contributed by atoms with E-state index in [2.05, 4.69) is 11.9 Å². The summed E-state index contributed by atoms with van der Waals surface area (Å²) in [4.78, 5) is 13.8. The van der Waals surface area contributed by atoms with Crippen molar-refractivity contribution in [3.05, 3.63) is 29.8 Å². The van der Waals surface area contributed by atoms with Gasteiger partial charge in [0.05, 0.1) is 0 Å². The third-order valence-corrected chi connectivity index (χ3v) is 2.88. The molecule has 1 aromatic carbocycles. The monoisotopic (exact) mass is 234 g/mol. The maximum absolute atomic E-state index is 11.6. The van der Waals surface area contributed by atoms with E-state index in [1.807, 2.05) is 12.1 Å². The Kier molecular flexibility index (Phi) is 3.76. The third kappa shape index (κ3) is 3.05. The number of Topliss-reactive ketones (excluding diaryl/α,β-unsaturated/α-hetero) is 1. The third-order valence-electron chi connectivity index (χ3n) is 2.88. The molecule has 0 saturated carbocycles. The molecule has 4 nitrogen and oxygen atoms in total. The number of carbonyl (C=O) groups excluding carboxylic acids is 1. The van der Waals surface area contributed by atoms with Crippen LogP contribution in [-0.4, -0.2) is 43.5 Å². The molecule has 2 rings (SSSR count). The molecule has 0 radical (unpaired) electrons. The van der Waals surface area contributed by atoms with Crippen molar-refractivity contribution in [3.8, 4) is 5.75 Å². The zero-order valence-electron chi connectivity index (χ0n) is 10.1. The number of carbonyl (C=O) groups is 1. The number of likely N-dealkylation sites (tertiary alicyclic amines) is 1. The van der Waals surface area contributed by atoms with Crippen molar-refractivity contribution < 1.29 is 9.53 Å². The zero-order valence-corrected chi connectivity index (χ0v) is 10.1. The van der Waals surface area contributed by atoms with Gasteiger partial charge in [0.1, 0.15) is 11.9 Å². The molecule has 1 saturated heterocycles. The number of rotatable bonds is 5. The molecule has 92 valence electrons. The normalized spacial score (nSPS) is 16.6. The highest BCUT2D eigenvalue weighted by Crippen LogP contribution is 2.18. The first kappa shape index (κ1) is 12.1. The average molecular weight is 234 g/mol. The minimum atomic E-state index is 0.0856. The van der Waals surface area contributed by atoms with Crippen molar-refractivity contribution in [2.75, 3.05) is 26.7 Å². The summed E-state index contributed by atoms with van der Waals surface area (Å²) < 4.78 is 5.74. The van der Waals surface area contributed by atoms with Gasteiger partial charge in [0, 0.05) is 25.1 Å². The molecule has 0 atom stereocenters. The Hall–Kier alpha value is -1.39. The Morgan fingerprint density at radius 1 is 1.41 bits per heavy atom. The van der Waals surface area contributed by atoms with E-state index < -0.39 is 0 Å². The number of ether oxygens (including phenoxy) is 1. The highest BCUT2D eigenvalue weighted by molar-refractivity contribution is 5.96. The molecule has 1 aromatic rings. The molecular weight excluding hydrogens is 216 g/mol.